The van der Waals surface area contributed by atoms with Crippen LogP contribution < -0.4 is 5.32 Å². The molecule has 0 unspecified atom stereocenters. The molecule has 0 aliphatic heterocycles. The lowest BCUT2D eigenvalue weighted by atomic mass is 10.3. The summed E-state index contributed by atoms with van der Waals surface area (Å²) in [6.07, 6.45) is 4.72. The minimum atomic E-state index is -3.67. The van der Waals surface area contributed by atoms with Crippen molar-refractivity contribution in [3.63, 3.8) is 0 Å². The van der Waals surface area contributed by atoms with E-state index in [1.165, 1.54) is 29.8 Å². The van der Waals surface area contributed by atoms with Gasteiger partial charge in [0.1, 0.15) is 18.0 Å². The highest BCUT2D eigenvalue weighted by Crippen LogP contribution is 2.17. The highest BCUT2D eigenvalue weighted by Gasteiger charge is 2.20. The maximum atomic E-state index is 13.0. The number of anilines is 1. The molecule has 1 aromatic carbocycles. The number of nitrogens with zero attached hydrogens (tertiary/aromatic N) is 4. The number of sulfonamides is 1. The second-order valence-corrected chi connectivity index (χ2v) is 7.37. The summed E-state index contributed by atoms with van der Waals surface area (Å²) in [4.78, 5) is 12.4. The van der Waals surface area contributed by atoms with Crippen LogP contribution in [0.25, 0.3) is 10.9 Å². The number of hydrogen-bond acceptors (Lipinski definition) is 6. The Labute approximate surface area is 144 Å². The molecule has 0 aliphatic rings. The van der Waals surface area contributed by atoms with Gasteiger partial charge in [0.15, 0.2) is 0 Å². The van der Waals surface area contributed by atoms with Gasteiger partial charge in [-0.05, 0) is 30.3 Å². The molecule has 0 saturated carbocycles. The second-order valence-electron chi connectivity index (χ2n) is 5.32. The van der Waals surface area contributed by atoms with Crippen LogP contribution in [-0.2, 0) is 10.0 Å². The van der Waals surface area contributed by atoms with Gasteiger partial charge in [0.05, 0.1) is 15.8 Å². The molecule has 0 fully saturated rings. The van der Waals surface area contributed by atoms with Crippen molar-refractivity contribution in [3.05, 3.63) is 54.9 Å². The molecule has 0 amide bonds. The van der Waals surface area contributed by atoms with Crippen molar-refractivity contribution in [2.75, 3.05) is 25.5 Å². The molecule has 0 spiro atoms. The van der Waals surface area contributed by atoms with Crippen LogP contribution >= 0.6 is 0 Å². The number of nitrogens with one attached hydrogen (secondary N) is 1. The summed E-state index contributed by atoms with van der Waals surface area (Å²) in [7, 11) is -2.20. The normalized spacial score (nSPS) is 11.8. The summed E-state index contributed by atoms with van der Waals surface area (Å²) in [5.74, 6) is 0.109. The maximum Gasteiger partial charge on any atom is 0.242 e. The first-order valence-electron chi connectivity index (χ1n) is 7.49. The third-order valence-electron chi connectivity index (χ3n) is 3.68. The summed E-state index contributed by atoms with van der Waals surface area (Å²) in [6, 6.07) is 6.52. The zero-order chi connectivity index (χ0) is 17.9. The average Bonchev–Trinajstić information content (AvgIpc) is 2.62. The van der Waals surface area contributed by atoms with Crippen LogP contribution in [0.1, 0.15) is 0 Å². The van der Waals surface area contributed by atoms with Gasteiger partial charge in [0, 0.05) is 32.5 Å². The maximum absolute atomic E-state index is 13.0. The summed E-state index contributed by atoms with van der Waals surface area (Å²) in [6.45, 7) is 0.559. The summed E-state index contributed by atoms with van der Waals surface area (Å²) < 4.78 is 39.0. The van der Waals surface area contributed by atoms with Crippen molar-refractivity contribution in [1.29, 1.82) is 0 Å². The van der Waals surface area contributed by atoms with E-state index in [-0.39, 0.29) is 11.4 Å². The van der Waals surface area contributed by atoms with E-state index in [1.54, 1.807) is 18.5 Å². The average molecular weight is 361 g/mol. The van der Waals surface area contributed by atoms with Gasteiger partial charge in [-0.3, -0.25) is 4.98 Å². The van der Waals surface area contributed by atoms with E-state index in [4.69, 9.17) is 0 Å². The molecule has 0 bridgehead atoms. The number of rotatable bonds is 6. The van der Waals surface area contributed by atoms with E-state index in [2.05, 4.69) is 20.3 Å². The Kier molecular flexibility index (Phi) is 4.86. The topological polar surface area (TPSA) is 88.1 Å². The van der Waals surface area contributed by atoms with Gasteiger partial charge in [0.25, 0.3) is 0 Å². The van der Waals surface area contributed by atoms with Crippen LogP contribution in [0, 0.1) is 5.82 Å². The van der Waals surface area contributed by atoms with Crippen molar-refractivity contribution in [3.8, 4) is 0 Å². The van der Waals surface area contributed by atoms with Crippen molar-refractivity contribution in [2.24, 2.45) is 0 Å². The Morgan fingerprint density at radius 1 is 1.16 bits per heavy atom. The van der Waals surface area contributed by atoms with Crippen LogP contribution in [0.3, 0.4) is 0 Å². The number of hydrogen-bond donors (Lipinski definition) is 1. The predicted octanol–water partition coefficient (Wildman–Crippen LogP) is 1.90. The van der Waals surface area contributed by atoms with Crippen LogP contribution in [0.2, 0.25) is 0 Å². The Morgan fingerprint density at radius 3 is 2.68 bits per heavy atom. The fourth-order valence-electron chi connectivity index (χ4n) is 2.28. The van der Waals surface area contributed by atoms with Crippen molar-refractivity contribution in [1.82, 2.24) is 19.3 Å². The molecule has 2 aromatic heterocycles. The highest BCUT2D eigenvalue weighted by molar-refractivity contribution is 7.89. The first-order valence-corrected chi connectivity index (χ1v) is 8.93. The van der Waals surface area contributed by atoms with Crippen molar-refractivity contribution >= 4 is 26.7 Å². The number of halogens is 1. The van der Waals surface area contributed by atoms with Gasteiger partial charge in [-0.15, -0.1) is 0 Å². The van der Waals surface area contributed by atoms with Gasteiger partial charge < -0.3 is 5.32 Å². The van der Waals surface area contributed by atoms with E-state index >= 15 is 0 Å². The van der Waals surface area contributed by atoms with Crippen LogP contribution in [-0.4, -0.2) is 47.8 Å². The molecule has 1 N–H and O–H groups in total. The third-order valence-corrected chi connectivity index (χ3v) is 5.55. The van der Waals surface area contributed by atoms with E-state index in [9.17, 15) is 12.8 Å². The zero-order valence-corrected chi connectivity index (χ0v) is 14.2. The van der Waals surface area contributed by atoms with Gasteiger partial charge in [-0.2, -0.15) is 4.31 Å². The van der Waals surface area contributed by atoms with Crippen LogP contribution in [0.15, 0.2) is 53.9 Å². The minimum Gasteiger partial charge on any atom is -0.368 e. The van der Waals surface area contributed by atoms with Gasteiger partial charge in [0.2, 0.25) is 10.0 Å². The number of likely N-dealkylation sites (N-methyl/N-ethyl adjacent to an activating group) is 1. The first-order chi connectivity index (χ1) is 12.0. The molecule has 25 heavy (non-hydrogen) atoms. The lowest BCUT2D eigenvalue weighted by Gasteiger charge is -2.18. The SMILES string of the molecule is CN(CCNc1ncnc2ccncc12)S(=O)(=O)c1ccc(F)cc1. The molecule has 7 nitrogen and oxygen atoms in total. The van der Waals surface area contributed by atoms with E-state index in [0.29, 0.717) is 12.4 Å². The molecule has 2 heterocycles. The van der Waals surface area contributed by atoms with Crippen molar-refractivity contribution < 1.29 is 12.8 Å². The number of fused-ring (bicyclic) bond motifs is 1. The third kappa shape index (κ3) is 3.72. The van der Waals surface area contributed by atoms with Gasteiger partial charge in [-0.1, -0.05) is 0 Å². The summed E-state index contributed by atoms with van der Waals surface area (Å²) in [5, 5.41) is 3.85. The standard InChI is InChI=1S/C16H16FN5O2S/c1-22(25(23,24)13-4-2-12(17)3-5-13)9-8-19-16-14-10-18-7-6-15(14)20-11-21-16/h2-7,10-11H,8-9H2,1H3,(H,19,20,21). The van der Waals surface area contributed by atoms with Crippen molar-refractivity contribution in [2.45, 2.75) is 4.90 Å². The number of benzene rings is 1. The van der Waals surface area contributed by atoms with Gasteiger partial charge in [-0.25, -0.2) is 22.8 Å². The highest BCUT2D eigenvalue weighted by atomic mass is 32.2. The zero-order valence-electron chi connectivity index (χ0n) is 13.4. The van der Waals surface area contributed by atoms with Crippen LogP contribution in [0.5, 0.6) is 0 Å². The van der Waals surface area contributed by atoms with Crippen LogP contribution in [0.4, 0.5) is 10.2 Å². The number of aromatic nitrogens is 3. The molecule has 0 saturated heterocycles. The van der Waals surface area contributed by atoms with Gasteiger partial charge >= 0.3 is 0 Å². The van der Waals surface area contributed by atoms with E-state index < -0.39 is 15.8 Å². The Morgan fingerprint density at radius 2 is 1.92 bits per heavy atom. The number of pyridine rings is 1. The lowest BCUT2D eigenvalue weighted by Crippen LogP contribution is -2.31. The lowest BCUT2D eigenvalue weighted by molar-refractivity contribution is 0.480. The molecular formula is C16H16FN5O2S. The molecule has 0 atom stereocenters. The monoisotopic (exact) mass is 361 g/mol. The molecule has 3 rings (SSSR count). The Hall–Kier alpha value is -2.65. The predicted molar refractivity (Wildman–Crippen MR) is 92.0 cm³/mol. The second kappa shape index (κ2) is 7.08. The quantitative estimate of drug-likeness (QED) is 0.721. The minimum absolute atomic E-state index is 0.0492. The molecule has 0 aliphatic carbocycles. The molecular weight excluding hydrogens is 345 g/mol. The van der Waals surface area contributed by atoms with E-state index in [0.717, 1.165) is 23.0 Å². The fraction of sp³-hybridized carbons (Fsp3) is 0.188. The first kappa shape index (κ1) is 17.2. The molecule has 9 heteroatoms. The summed E-state index contributed by atoms with van der Waals surface area (Å²) in [5.41, 5.74) is 0.750. The molecule has 3 aromatic rings. The molecule has 0 radical (unpaired) electrons. The summed E-state index contributed by atoms with van der Waals surface area (Å²) >= 11 is 0. The fourth-order valence-corrected chi connectivity index (χ4v) is 3.45. The Bertz CT molecular complexity index is 974. The van der Waals surface area contributed by atoms with E-state index in [1.807, 2.05) is 0 Å². The Balaban J connectivity index is 1.68. The smallest absolute Gasteiger partial charge is 0.242 e. The largest absolute Gasteiger partial charge is 0.368 e. The molecule has 130 valence electrons.